The summed E-state index contributed by atoms with van der Waals surface area (Å²) in [6.45, 7) is 0. The third kappa shape index (κ3) is 4.57. The van der Waals surface area contributed by atoms with Gasteiger partial charge in [0.2, 0.25) is 10.0 Å². The van der Waals surface area contributed by atoms with Crippen LogP contribution in [-0.4, -0.2) is 60.8 Å². The summed E-state index contributed by atoms with van der Waals surface area (Å²) in [6.07, 6.45) is 6.38. The van der Waals surface area contributed by atoms with Crippen molar-refractivity contribution in [3.8, 4) is 5.69 Å². The van der Waals surface area contributed by atoms with Gasteiger partial charge in [-0.15, -0.1) is 0 Å². The van der Waals surface area contributed by atoms with Crippen LogP contribution >= 0.6 is 0 Å². The molecule has 0 aliphatic heterocycles. The lowest BCUT2D eigenvalue weighted by molar-refractivity contribution is -0.180. The van der Waals surface area contributed by atoms with Gasteiger partial charge in [-0.1, -0.05) is 12.1 Å². The number of sulfonamides is 1. The summed E-state index contributed by atoms with van der Waals surface area (Å²) in [7, 11) is -0.328. The monoisotopic (exact) mass is 407 g/mol. The molecule has 1 heterocycles. The number of amides is 1. The molecule has 1 amide bonds. The van der Waals surface area contributed by atoms with Crippen molar-refractivity contribution in [2.24, 2.45) is 5.41 Å². The van der Waals surface area contributed by atoms with Gasteiger partial charge in [0.15, 0.2) is 0 Å². The van der Waals surface area contributed by atoms with Crippen LogP contribution in [0.4, 0.5) is 0 Å². The second-order valence-corrected chi connectivity index (χ2v) is 9.04. The standard InChI is InChI=1S/C18H25N5O4S/c1-22(27-2)17(24)18(8-7-15(13-18)21-28(3,25)26)12-14-5-4-6-16(11-14)23-19-9-10-20-23/h4-6,9-11,15,21H,7-8,12-13H2,1-3H3/t15-,18+/m0/s1. The van der Waals surface area contributed by atoms with Crippen LogP contribution in [-0.2, 0) is 26.1 Å². The molecule has 1 fully saturated rings. The minimum Gasteiger partial charge on any atom is -0.275 e. The highest BCUT2D eigenvalue weighted by atomic mass is 32.2. The molecule has 1 aromatic heterocycles. The Morgan fingerprint density at radius 3 is 2.75 bits per heavy atom. The van der Waals surface area contributed by atoms with E-state index < -0.39 is 15.4 Å². The first kappa shape index (κ1) is 20.4. The molecular formula is C18H25N5O4S. The second kappa shape index (κ2) is 7.98. The Labute approximate surface area is 164 Å². The Hall–Kier alpha value is -2.30. The van der Waals surface area contributed by atoms with Crippen molar-refractivity contribution in [1.82, 2.24) is 24.8 Å². The number of nitrogens with zero attached hydrogens (tertiary/aromatic N) is 4. The number of nitrogens with one attached hydrogen (secondary N) is 1. The number of carbonyl (C=O) groups excluding carboxylic acids is 1. The van der Waals surface area contributed by atoms with Crippen LogP contribution in [0.3, 0.4) is 0 Å². The Bertz CT molecular complexity index is 931. The molecule has 0 saturated heterocycles. The fourth-order valence-corrected chi connectivity index (χ4v) is 4.71. The number of aromatic nitrogens is 3. The van der Waals surface area contributed by atoms with Crippen molar-refractivity contribution in [3.63, 3.8) is 0 Å². The molecular weight excluding hydrogens is 382 g/mol. The van der Waals surface area contributed by atoms with E-state index >= 15 is 0 Å². The quantitative estimate of drug-likeness (QED) is 0.684. The van der Waals surface area contributed by atoms with Gasteiger partial charge in [0, 0.05) is 13.1 Å². The molecule has 1 aromatic carbocycles. The van der Waals surface area contributed by atoms with E-state index in [9.17, 15) is 13.2 Å². The van der Waals surface area contributed by atoms with Gasteiger partial charge >= 0.3 is 0 Å². The van der Waals surface area contributed by atoms with Gasteiger partial charge in [0.1, 0.15) is 0 Å². The van der Waals surface area contributed by atoms with Crippen molar-refractivity contribution in [1.29, 1.82) is 0 Å². The van der Waals surface area contributed by atoms with Crippen LogP contribution in [0, 0.1) is 5.41 Å². The van der Waals surface area contributed by atoms with Crippen LogP contribution in [0.1, 0.15) is 24.8 Å². The van der Waals surface area contributed by atoms with E-state index in [2.05, 4.69) is 14.9 Å². The summed E-state index contributed by atoms with van der Waals surface area (Å²) in [4.78, 5) is 19.8. The zero-order valence-electron chi connectivity index (χ0n) is 16.2. The van der Waals surface area contributed by atoms with Gasteiger partial charge in [-0.05, 0) is 43.4 Å². The molecule has 0 bridgehead atoms. The van der Waals surface area contributed by atoms with E-state index in [0.29, 0.717) is 25.7 Å². The molecule has 10 heteroatoms. The lowest BCUT2D eigenvalue weighted by Gasteiger charge is -2.31. The maximum atomic E-state index is 13.1. The molecule has 1 aliphatic carbocycles. The smallest absolute Gasteiger partial charge is 0.252 e. The van der Waals surface area contributed by atoms with Crippen molar-refractivity contribution in [2.45, 2.75) is 31.7 Å². The Morgan fingerprint density at radius 1 is 1.39 bits per heavy atom. The number of hydrogen-bond donors (Lipinski definition) is 1. The number of hydroxylamine groups is 2. The van der Waals surface area contributed by atoms with Crippen molar-refractivity contribution >= 4 is 15.9 Å². The lowest BCUT2D eigenvalue weighted by atomic mass is 9.78. The van der Waals surface area contributed by atoms with E-state index in [-0.39, 0.29) is 11.9 Å². The Morgan fingerprint density at radius 2 is 2.11 bits per heavy atom. The first-order valence-corrected chi connectivity index (χ1v) is 10.9. The first-order valence-electron chi connectivity index (χ1n) is 8.98. The molecule has 152 valence electrons. The second-order valence-electron chi connectivity index (χ2n) is 7.26. The highest BCUT2D eigenvalue weighted by Gasteiger charge is 2.47. The molecule has 0 radical (unpaired) electrons. The summed E-state index contributed by atoms with van der Waals surface area (Å²) in [5.41, 5.74) is 1.00. The van der Waals surface area contributed by atoms with Crippen LogP contribution in [0.2, 0.25) is 0 Å². The average Bonchev–Trinajstić information content (AvgIpc) is 3.30. The van der Waals surface area contributed by atoms with Gasteiger partial charge in [-0.2, -0.15) is 15.0 Å². The van der Waals surface area contributed by atoms with Gasteiger partial charge in [0.25, 0.3) is 5.91 Å². The zero-order chi connectivity index (χ0) is 20.4. The van der Waals surface area contributed by atoms with Crippen molar-refractivity contribution in [2.75, 3.05) is 20.4 Å². The van der Waals surface area contributed by atoms with E-state index in [1.54, 1.807) is 19.4 Å². The Balaban J connectivity index is 1.89. The van der Waals surface area contributed by atoms with E-state index in [4.69, 9.17) is 4.84 Å². The minimum atomic E-state index is -3.34. The summed E-state index contributed by atoms with van der Waals surface area (Å²) in [5, 5.41) is 9.50. The van der Waals surface area contributed by atoms with Gasteiger partial charge < -0.3 is 0 Å². The maximum Gasteiger partial charge on any atom is 0.252 e. The molecule has 1 aliphatic rings. The van der Waals surface area contributed by atoms with Crippen LogP contribution in [0.5, 0.6) is 0 Å². The highest BCUT2D eigenvalue weighted by Crippen LogP contribution is 2.43. The summed E-state index contributed by atoms with van der Waals surface area (Å²) in [6, 6.07) is 7.40. The molecule has 0 unspecified atom stereocenters. The van der Waals surface area contributed by atoms with Crippen molar-refractivity contribution in [3.05, 3.63) is 42.2 Å². The molecule has 1 N–H and O–H groups in total. The van der Waals surface area contributed by atoms with E-state index in [1.807, 2.05) is 24.3 Å². The van der Waals surface area contributed by atoms with Crippen LogP contribution in [0.15, 0.2) is 36.7 Å². The van der Waals surface area contributed by atoms with Crippen LogP contribution in [0.25, 0.3) is 5.69 Å². The third-order valence-corrected chi connectivity index (χ3v) is 5.87. The SMILES string of the molecule is CON(C)C(=O)[C@@]1(Cc2cccc(-n3nccn3)c2)CC[C@H](NS(C)(=O)=O)C1. The van der Waals surface area contributed by atoms with Crippen molar-refractivity contribution < 1.29 is 18.0 Å². The summed E-state index contributed by atoms with van der Waals surface area (Å²) in [5.74, 6) is -0.157. The summed E-state index contributed by atoms with van der Waals surface area (Å²) >= 11 is 0. The van der Waals surface area contributed by atoms with Gasteiger partial charge in [0.05, 0.1) is 36.9 Å². The molecule has 0 spiro atoms. The fraction of sp³-hybridized carbons (Fsp3) is 0.500. The minimum absolute atomic E-state index is 0.157. The molecule has 2 atom stereocenters. The number of carbonyl (C=O) groups is 1. The molecule has 1 saturated carbocycles. The molecule has 3 rings (SSSR count). The van der Waals surface area contributed by atoms with Gasteiger partial charge in [-0.25, -0.2) is 18.2 Å². The number of benzene rings is 1. The maximum absolute atomic E-state index is 13.1. The largest absolute Gasteiger partial charge is 0.275 e. The fourth-order valence-electron chi connectivity index (χ4n) is 3.91. The molecule has 9 nitrogen and oxygen atoms in total. The average molecular weight is 407 g/mol. The summed E-state index contributed by atoms with van der Waals surface area (Å²) < 4.78 is 25.9. The lowest BCUT2D eigenvalue weighted by Crippen LogP contribution is -2.43. The van der Waals surface area contributed by atoms with Crippen LogP contribution < -0.4 is 4.72 Å². The van der Waals surface area contributed by atoms with Gasteiger partial charge in [-0.3, -0.25) is 9.63 Å². The van der Waals surface area contributed by atoms with E-state index in [1.165, 1.54) is 17.0 Å². The normalized spacial score (nSPS) is 22.3. The zero-order valence-corrected chi connectivity index (χ0v) is 17.0. The first-order chi connectivity index (χ1) is 13.2. The Kier molecular flexibility index (Phi) is 5.82. The molecule has 28 heavy (non-hydrogen) atoms. The number of rotatable bonds is 7. The predicted molar refractivity (Wildman–Crippen MR) is 103 cm³/mol. The predicted octanol–water partition coefficient (Wildman–Crippen LogP) is 0.918. The highest BCUT2D eigenvalue weighted by molar-refractivity contribution is 7.88. The number of hydrogen-bond acceptors (Lipinski definition) is 6. The van der Waals surface area contributed by atoms with E-state index in [0.717, 1.165) is 17.5 Å². The topological polar surface area (TPSA) is 106 Å². The third-order valence-electron chi connectivity index (χ3n) is 5.11. The molecule has 2 aromatic rings.